The van der Waals surface area contributed by atoms with Gasteiger partial charge in [-0.2, -0.15) is 0 Å². The van der Waals surface area contributed by atoms with E-state index in [1.807, 2.05) is 18.3 Å². The average Bonchev–Trinajstić information content (AvgIpc) is 2.81. The molecule has 4 aromatic carbocycles. The molecule has 0 saturated heterocycles. The zero-order valence-electron chi connectivity index (χ0n) is 18.7. The summed E-state index contributed by atoms with van der Waals surface area (Å²) in [5.41, 5.74) is 6.38. The van der Waals surface area contributed by atoms with Gasteiger partial charge in [0.1, 0.15) is 0 Å². The number of hydrogen-bond donors (Lipinski definition) is 0. The third kappa shape index (κ3) is 2.70. The standard InChI is InChI=1S/C30H21N2.Ir/c1-17-8-9-18-10-11-20-21-12-13-31-28-24-15-19-6-4-5-7-26(19)32-29(24)30(2,3)25(27(21)28)16-23(20)22(18)14-17;/h4-14,16H,1-3H3;/q-1;. The Hall–Kier alpha value is -3.13. The molecule has 0 unspecified atom stereocenters. The van der Waals surface area contributed by atoms with Crippen LogP contribution in [0.25, 0.3) is 54.5 Å². The van der Waals surface area contributed by atoms with Crippen LogP contribution in [-0.2, 0) is 25.5 Å². The van der Waals surface area contributed by atoms with Crippen LogP contribution in [0.3, 0.4) is 0 Å². The molecule has 1 aliphatic rings. The molecule has 0 amide bonds. The quantitative estimate of drug-likeness (QED) is 0.133. The van der Waals surface area contributed by atoms with Gasteiger partial charge >= 0.3 is 0 Å². The van der Waals surface area contributed by atoms with Crippen LogP contribution >= 0.6 is 0 Å². The topological polar surface area (TPSA) is 25.8 Å². The number of hydrogen-bond acceptors (Lipinski definition) is 2. The molecule has 0 bridgehead atoms. The van der Waals surface area contributed by atoms with E-state index >= 15 is 0 Å². The second-order valence-electron chi connectivity index (χ2n) is 9.49. The monoisotopic (exact) mass is 602 g/mol. The Morgan fingerprint density at radius 2 is 1.64 bits per heavy atom. The Labute approximate surface area is 206 Å². The summed E-state index contributed by atoms with van der Waals surface area (Å²) in [5, 5.41) is 8.68. The molecule has 0 N–H and O–H groups in total. The third-order valence-electron chi connectivity index (χ3n) is 7.15. The van der Waals surface area contributed by atoms with Gasteiger partial charge < -0.3 is 4.98 Å². The molecule has 2 heterocycles. The zero-order valence-corrected chi connectivity index (χ0v) is 21.1. The van der Waals surface area contributed by atoms with Gasteiger partial charge in [-0.3, -0.25) is 4.98 Å². The van der Waals surface area contributed by atoms with Crippen molar-refractivity contribution >= 4 is 43.2 Å². The summed E-state index contributed by atoms with van der Waals surface area (Å²) in [6.45, 7) is 6.74. The van der Waals surface area contributed by atoms with Gasteiger partial charge in [0, 0.05) is 37.4 Å². The fraction of sp³-hybridized carbons (Fsp3) is 0.133. The summed E-state index contributed by atoms with van der Waals surface area (Å²) < 4.78 is 0. The Kier molecular flexibility index (Phi) is 4.30. The van der Waals surface area contributed by atoms with Gasteiger partial charge in [0.2, 0.25) is 0 Å². The van der Waals surface area contributed by atoms with Crippen molar-refractivity contribution in [3.05, 3.63) is 95.8 Å². The summed E-state index contributed by atoms with van der Waals surface area (Å²) in [6.07, 6.45) is 1.94. The molecule has 2 nitrogen and oxygen atoms in total. The number of pyridine rings is 2. The first kappa shape index (κ1) is 20.5. The zero-order chi connectivity index (χ0) is 21.6. The first-order valence-corrected chi connectivity index (χ1v) is 11.1. The summed E-state index contributed by atoms with van der Waals surface area (Å²) in [5.74, 6) is 0. The van der Waals surface area contributed by atoms with E-state index in [4.69, 9.17) is 9.97 Å². The van der Waals surface area contributed by atoms with Crippen molar-refractivity contribution in [1.29, 1.82) is 0 Å². The molecule has 0 saturated carbocycles. The molecule has 0 aliphatic heterocycles. The molecule has 7 rings (SSSR count). The maximum Gasteiger partial charge on any atom is 0.0189 e. The summed E-state index contributed by atoms with van der Waals surface area (Å²) in [7, 11) is 0. The fourth-order valence-corrected chi connectivity index (χ4v) is 5.50. The number of fused-ring (bicyclic) bond motifs is 7. The smallest absolute Gasteiger partial charge is 0.0189 e. The first-order valence-electron chi connectivity index (χ1n) is 11.1. The van der Waals surface area contributed by atoms with Crippen LogP contribution in [0.15, 0.2) is 72.9 Å². The van der Waals surface area contributed by atoms with E-state index in [0.29, 0.717) is 0 Å². The Balaban J connectivity index is 0.00000206. The molecule has 33 heavy (non-hydrogen) atoms. The average molecular weight is 602 g/mol. The van der Waals surface area contributed by atoms with Crippen molar-refractivity contribution in [1.82, 2.24) is 9.97 Å². The Bertz CT molecular complexity index is 1770. The van der Waals surface area contributed by atoms with E-state index in [1.54, 1.807) is 0 Å². The van der Waals surface area contributed by atoms with Crippen LogP contribution < -0.4 is 0 Å². The van der Waals surface area contributed by atoms with Crippen LogP contribution in [0, 0.1) is 13.0 Å². The van der Waals surface area contributed by atoms with E-state index in [-0.39, 0.29) is 25.5 Å². The van der Waals surface area contributed by atoms with Crippen LogP contribution in [0.2, 0.25) is 0 Å². The third-order valence-corrected chi connectivity index (χ3v) is 7.15. The van der Waals surface area contributed by atoms with Gasteiger partial charge in [-0.15, -0.1) is 12.1 Å². The van der Waals surface area contributed by atoms with Crippen molar-refractivity contribution in [3.8, 4) is 11.3 Å². The van der Waals surface area contributed by atoms with Gasteiger partial charge in [-0.05, 0) is 62.1 Å². The minimum atomic E-state index is -0.260. The van der Waals surface area contributed by atoms with Gasteiger partial charge in [0.25, 0.3) is 0 Å². The SMILES string of the molecule is Cc1ccc2ccc3c4ccnc5c4c(cc3c2c1)C(C)(C)c1nc2ccccc2[c-]c1-5.[Ir]. The van der Waals surface area contributed by atoms with E-state index in [2.05, 4.69) is 81.4 Å². The van der Waals surface area contributed by atoms with Crippen molar-refractivity contribution in [2.75, 3.05) is 0 Å². The van der Waals surface area contributed by atoms with Crippen molar-refractivity contribution in [2.24, 2.45) is 0 Å². The molecular weight excluding hydrogens is 581 g/mol. The summed E-state index contributed by atoms with van der Waals surface area (Å²) >= 11 is 0. The molecule has 3 heteroatoms. The minimum absolute atomic E-state index is 0. The molecule has 0 fully saturated rings. The maximum absolute atomic E-state index is 5.14. The number of rotatable bonds is 0. The molecule has 0 spiro atoms. The van der Waals surface area contributed by atoms with Crippen LogP contribution in [-0.4, -0.2) is 9.97 Å². The molecular formula is C30H21IrN2-. The molecule has 1 radical (unpaired) electrons. The number of aromatic nitrogens is 2. The normalized spacial score (nSPS) is 13.9. The molecule has 1 aliphatic carbocycles. The van der Waals surface area contributed by atoms with Gasteiger partial charge in [0.15, 0.2) is 0 Å². The first-order chi connectivity index (χ1) is 15.5. The number of nitrogens with zero attached hydrogens (tertiary/aromatic N) is 2. The van der Waals surface area contributed by atoms with Crippen molar-refractivity contribution < 1.29 is 20.1 Å². The number of para-hydroxylation sites is 1. The molecule has 6 aromatic rings. The van der Waals surface area contributed by atoms with Gasteiger partial charge in [-0.25, -0.2) is 0 Å². The van der Waals surface area contributed by atoms with E-state index in [0.717, 1.165) is 27.9 Å². The summed E-state index contributed by atoms with van der Waals surface area (Å²) in [6, 6.07) is 27.7. The maximum atomic E-state index is 5.14. The summed E-state index contributed by atoms with van der Waals surface area (Å²) in [4.78, 5) is 10.0. The van der Waals surface area contributed by atoms with Gasteiger partial charge in [0.05, 0.1) is 0 Å². The number of aryl methyl sites for hydroxylation is 1. The number of benzene rings is 4. The van der Waals surface area contributed by atoms with E-state index in [1.165, 1.54) is 43.4 Å². The minimum Gasteiger partial charge on any atom is -0.329 e. The fourth-order valence-electron chi connectivity index (χ4n) is 5.50. The predicted octanol–water partition coefficient (Wildman–Crippen LogP) is 7.50. The second kappa shape index (κ2) is 6.93. The molecule has 0 atom stereocenters. The van der Waals surface area contributed by atoms with Crippen LogP contribution in [0.5, 0.6) is 0 Å². The predicted molar refractivity (Wildman–Crippen MR) is 133 cm³/mol. The largest absolute Gasteiger partial charge is 0.329 e. The van der Waals surface area contributed by atoms with E-state index < -0.39 is 0 Å². The second-order valence-corrected chi connectivity index (χ2v) is 9.49. The van der Waals surface area contributed by atoms with Crippen molar-refractivity contribution in [3.63, 3.8) is 0 Å². The Morgan fingerprint density at radius 3 is 2.52 bits per heavy atom. The molecule has 161 valence electrons. The van der Waals surface area contributed by atoms with Crippen LogP contribution in [0.1, 0.15) is 30.7 Å². The van der Waals surface area contributed by atoms with Crippen molar-refractivity contribution in [2.45, 2.75) is 26.2 Å². The van der Waals surface area contributed by atoms with Gasteiger partial charge in [-0.1, -0.05) is 85.0 Å². The van der Waals surface area contributed by atoms with Crippen LogP contribution in [0.4, 0.5) is 0 Å². The molecule has 2 aromatic heterocycles. The van der Waals surface area contributed by atoms with E-state index in [9.17, 15) is 0 Å². The Morgan fingerprint density at radius 1 is 0.818 bits per heavy atom.